The van der Waals surface area contributed by atoms with Gasteiger partial charge in [0.15, 0.2) is 0 Å². The lowest BCUT2D eigenvalue weighted by molar-refractivity contribution is -0.0284. The van der Waals surface area contributed by atoms with Crippen LogP contribution in [0.15, 0.2) is 0 Å². The van der Waals surface area contributed by atoms with Crippen molar-refractivity contribution in [2.45, 2.75) is 45.8 Å². The predicted octanol–water partition coefficient (Wildman–Crippen LogP) is 1.57. The Labute approximate surface area is 91.3 Å². The minimum absolute atomic E-state index is 0. The zero-order valence-corrected chi connectivity index (χ0v) is 9.77. The standard InChI is InChI=1S/C10H19NO2.ClH/c1-9(2)6-4-5-10(9,3)8(12)7(6)11-13;/h6-8,11-13H,4-5H2,1-3H3;1H/t6-,7-,8-,10+;/m1./s1. The zero-order valence-electron chi connectivity index (χ0n) is 8.95. The number of rotatable bonds is 1. The Balaban J connectivity index is 0.000000980. The Bertz CT molecular complexity index is 234. The number of hydrogen-bond donors (Lipinski definition) is 3. The van der Waals surface area contributed by atoms with Crippen molar-refractivity contribution in [1.82, 2.24) is 5.48 Å². The van der Waals surface area contributed by atoms with E-state index in [-0.39, 0.29) is 29.3 Å². The molecule has 4 heteroatoms. The molecule has 0 aromatic rings. The van der Waals surface area contributed by atoms with Crippen molar-refractivity contribution < 1.29 is 10.3 Å². The van der Waals surface area contributed by atoms with E-state index in [1.165, 1.54) is 0 Å². The molecule has 0 heterocycles. The summed E-state index contributed by atoms with van der Waals surface area (Å²) in [5, 5.41) is 19.0. The molecule has 2 rings (SSSR count). The predicted molar refractivity (Wildman–Crippen MR) is 56.6 cm³/mol. The molecular formula is C10H20ClNO2. The van der Waals surface area contributed by atoms with Gasteiger partial charge in [-0.05, 0) is 24.2 Å². The van der Waals surface area contributed by atoms with Crippen LogP contribution in [0.4, 0.5) is 0 Å². The Morgan fingerprint density at radius 2 is 1.86 bits per heavy atom. The number of hydroxylamine groups is 1. The molecule has 4 atom stereocenters. The van der Waals surface area contributed by atoms with Crippen molar-refractivity contribution in [2.24, 2.45) is 16.7 Å². The first-order valence-electron chi connectivity index (χ1n) is 5.03. The Kier molecular flexibility index (Phi) is 2.92. The van der Waals surface area contributed by atoms with Crippen LogP contribution in [0.25, 0.3) is 0 Å². The van der Waals surface area contributed by atoms with Gasteiger partial charge in [0.2, 0.25) is 0 Å². The third kappa shape index (κ3) is 1.10. The maximum Gasteiger partial charge on any atom is 0.0777 e. The normalized spacial score (nSPS) is 49.1. The molecule has 0 radical (unpaired) electrons. The van der Waals surface area contributed by atoms with Crippen LogP contribution in [-0.4, -0.2) is 22.5 Å². The van der Waals surface area contributed by atoms with Crippen molar-refractivity contribution in [3.63, 3.8) is 0 Å². The third-order valence-electron chi connectivity index (χ3n) is 4.95. The summed E-state index contributed by atoms with van der Waals surface area (Å²) in [4.78, 5) is 0. The van der Waals surface area contributed by atoms with Crippen molar-refractivity contribution in [3.05, 3.63) is 0 Å². The van der Waals surface area contributed by atoms with Crippen LogP contribution < -0.4 is 5.48 Å². The van der Waals surface area contributed by atoms with Crippen LogP contribution >= 0.6 is 12.4 Å². The molecular weight excluding hydrogens is 202 g/mol. The fourth-order valence-corrected chi connectivity index (χ4v) is 3.50. The highest BCUT2D eigenvalue weighted by molar-refractivity contribution is 5.85. The maximum absolute atomic E-state index is 10.1. The molecule has 2 saturated carbocycles. The molecule has 0 saturated heterocycles. The lowest BCUT2D eigenvalue weighted by atomic mass is 9.70. The summed E-state index contributed by atoms with van der Waals surface area (Å²) in [5.41, 5.74) is 2.38. The van der Waals surface area contributed by atoms with Crippen LogP contribution in [0.1, 0.15) is 33.6 Å². The molecule has 0 amide bonds. The van der Waals surface area contributed by atoms with Gasteiger partial charge in [0.05, 0.1) is 12.1 Å². The molecule has 0 unspecified atom stereocenters. The molecule has 84 valence electrons. The first kappa shape index (κ1) is 12.2. The molecule has 2 aliphatic rings. The Morgan fingerprint density at radius 1 is 1.29 bits per heavy atom. The summed E-state index contributed by atoms with van der Waals surface area (Å²) in [6.07, 6.45) is 1.77. The van der Waals surface area contributed by atoms with Gasteiger partial charge in [-0.25, -0.2) is 0 Å². The summed E-state index contributed by atoms with van der Waals surface area (Å²) in [5.74, 6) is 0.400. The minimum atomic E-state index is -0.411. The van der Waals surface area contributed by atoms with E-state index < -0.39 is 6.10 Å². The topological polar surface area (TPSA) is 52.5 Å². The second-order valence-electron chi connectivity index (χ2n) is 5.38. The number of halogens is 1. The van der Waals surface area contributed by atoms with Gasteiger partial charge in [-0.1, -0.05) is 20.8 Å². The number of aliphatic hydroxyl groups excluding tert-OH is 1. The molecule has 0 aromatic heterocycles. The maximum atomic E-state index is 10.1. The first-order chi connectivity index (χ1) is 5.95. The van der Waals surface area contributed by atoms with Gasteiger partial charge in [0.25, 0.3) is 0 Å². The summed E-state index contributed by atoms with van der Waals surface area (Å²) in [6.45, 7) is 6.53. The highest BCUT2D eigenvalue weighted by Gasteiger charge is 2.65. The third-order valence-corrected chi connectivity index (χ3v) is 4.95. The molecule has 2 fully saturated rings. The van der Waals surface area contributed by atoms with Crippen LogP contribution in [0.2, 0.25) is 0 Å². The van der Waals surface area contributed by atoms with E-state index in [1.807, 2.05) is 0 Å². The second-order valence-corrected chi connectivity index (χ2v) is 5.38. The number of fused-ring (bicyclic) bond motifs is 2. The largest absolute Gasteiger partial charge is 0.391 e. The molecule has 2 aliphatic carbocycles. The van der Waals surface area contributed by atoms with E-state index in [0.717, 1.165) is 12.8 Å². The van der Waals surface area contributed by atoms with Crippen LogP contribution in [-0.2, 0) is 0 Å². The average molecular weight is 222 g/mol. The molecule has 0 aromatic carbocycles. The summed E-state index contributed by atoms with van der Waals surface area (Å²) in [7, 11) is 0. The Morgan fingerprint density at radius 3 is 2.14 bits per heavy atom. The van der Waals surface area contributed by atoms with E-state index in [0.29, 0.717) is 5.92 Å². The van der Waals surface area contributed by atoms with Gasteiger partial charge in [-0.15, -0.1) is 12.4 Å². The van der Waals surface area contributed by atoms with Crippen LogP contribution in [0.3, 0.4) is 0 Å². The fraction of sp³-hybridized carbons (Fsp3) is 1.00. The number of hydrogen-bond acceptors (Lipinski definition) is 3. The van der Waals surface area contributed by atoms with Gasteiger partial charge in [-0.3, -0.25) is 0 Å². The molecule has 3 nitrogen and oxygen atoms in total. The number of aliphatic hydroxyl groups is 1. The lowest BCUT2D eigenvalue weighted by Gasteiger charge is -2.36. The number of nitrogens with one attached hydrogen (secondary N) is 1. The van der Waals surface area contributed by atoms with Crippen molar-refractivity contribution in [1.29, 1.82) is 0 Å². The van der Waals surface area contributed by atoms with Crippen LogP contribution in [0, 0.1) is 16.7 Å². The molecule has 0 aliphatic heterocycles. The van der Waals surface area contributed by atoms with Gasteiger partial charge in [0, 0.05) is 5.41 Å². The minimum Gasteiger partial charge on any atom is -0.391 e. The highest BCUT2D eigenvalue weighted by atomic mass is 35.5. The van der Waals surface area contributed by atoms with Crippen molar-refractivity contribution in [2.75, 3.05) is 0 Å². The van der Waals surface area contributed by atoms with E-state index in [1.54, 1.807) is 0 Å². The van der Waals surface area contributed by atoms with Crippen LogP contribution in [0.5, 0.6) is 0 Å². The van der Waals surface area contributed by atoms with Gasteiger partial charge in [0.1, 0.15) is 0 Å². The van der Waals surface area contributed by atoms with Gasteiger partial charge >= 0.3 is 0 Å². The van der Waals surface area contributed by atoms with E-state index in [9.17, 15) is 5.11 Å². The van der Waals surface area contributed by atoms with Crippen molar-refractivity contribution in [3.8, 4) is 0 Å². The quantitative estimate of drug-likeness (QED) is 0.590. The van der Waals surface area contributed by atoms with Gasteiger partial charge in [-0.2, -0.15) is 5.48 Å². The monoisotopic (exact) mass is 221 g/mol. The fourth-order valence-electron chi connectivity index (χ4n) is 3.50. The molecule has 3 N–H and O–H groups in total. The summed E-state index contributed by atoms with van der Waals surface area (Å²) < 4.78 is 0. The SMILES string of the molecule is CC1(C)[C@@H]2CC[C@@]1(C)[C@H](O)[C@@H]2NO.Cl. The second kappa shape index (κ2) is 3.34. The highest BCUT2D eigenvalue weighted by Crippen LogP contribution is 2.65. The van der Waals surface area contributed by atoms with E-state index in [2.05, 4.69) is 26.3 Å². The van der Waals surface area contributed by atoms with E-state index >= 15 is 0 Å². The van der Waals surface area contributed by atoms with E-state index in [4.69, 9.17) is 5.21 Å². The summed E-state index contributed by atoms with van der Waals surface area (Å²) >= 11 is 0. The first-order valence-corrected chi connectivity index (χ1v) is 5.03. The average Bonchev–Trinajstić information content (AvgIpc) is 2.36. The lowest BCUT2D eigenvalue weighted by Crippen LogP contribution is -2.45. The molecule has 2 bridgehead atoms. The van der Waals surface area contributed by atoms with Gasteiger partial charge < -0.3 is 10.3 Å². The molecule has 14 heavy (non-hydrogen) atoms. The summed E-state index contributed by atoms with van der Waals surface area (Å²) in [6, 6.07) is -0.131. The van der Waals surface area contributed by atoms with Crippen molar-refractivity contribution >= 4 is 12.4 Å². The zero-order chi connectivity index (χ0) is 9.85. The molecule has 0 spiro atoms. The smallest absolute Gasteiger partial charge is 0.0777 e. The Hall–Kier alpha value is 0.170.